The first-order valence-electron chi connectivity index (χ1n) is 7.28. The van der Waals surface area contributed by atoms with Gasteiger partial charge in [0, 0.05) is 11.1 Å². The van der Waals surface area contributed by atoms with Gasteiger partial charge in [-0.25, -0.2) is 4.79 Å². The van der Waals surface area contributed by atoms with Crippen molar-refractivity contribution in [3.63, 3.8) is 0 Å². The van der Waals surface area contributed by atoms with E-state index in [1.807, 2.05) is 12.1 Å². The maximum Gasteiger partial charge on any atom is 0.360 e. The highest BCUT2D eigenvalue weighted by Gasteiger charge is 2.13. The van der Waals surface area contributed by atoms with Gasteiger partial charge in [-0.3, -0.25) is 0 Å². The molecule has 22 heavy (non-hydrogen) atoms. The summed E-state index contributed by atoms with van der Waals surface area (Å²) in [6.45, 7) is 5.14. The molecule has 0 saturated heterocycles. The van der Waals surface area contributed by atoms with Gasteiger partial charge in [-0.15, -0.1) is 0 Å². The van der Waals surface area contributed by atoms with E-state index in [1.165, 1.54) is 11.1 Å². The molecule has 1 aliphatic carbocycles. The summed E-state index contributed by atoms with van der Waals surface area (Å²) >= 11 is 0. The number of rotatable bonds is 3. The fraction of sp³-hybridized carbons (Fsp3) is 0.158. The molecule has 2 aromatic carbocycles. The van der Waals surface area contributed by atoms with Gasteiger partial charge in [0.25, 0.3) is 0 Å². The minimum absolute atomic E-state index is 0.333. The molecule has 110 valence electrons. The van der Waals surface area contributed by atoms with Crippen molar-refractivity contribution in [2.75, 3.05) is 0 Å². The van der Waals surface area contributed by atoms with Crippen LogP contribution in [0.4, 0.5) is 0 Å². The Morgan fingerprint density at radius 1 is 1.36 bits per heavy atom. The molecule has 3 heteroatoms. The molecule has 0 radical (unpaired) electrons. The summed E-state index contributed by atoms with van der Waals surface area (Å²) in [5.74, 6) is -0.509. The van der Waals surface area contributed by atoms with E-state index in [1.54, 1.807) is 13.1 Å². The average molecular weight is 291 g/mol. The van der Waals surface area contributed by atoms with Crippen molar-refractivity contribution >= 4 is 29.0 Å². The first-order chi connectivity index (χ1) is 10.7. The van der Waals surface area contributed by atoms with E-state index < -0.39 is 5.97 Å². The van der Waals surface area contributed by atoms with Gasteiger partial charge >= 0.3 is 5.97 Å². The van der Waals surface area contributed by atoms with Crippen LogP contribution in [-0.4, -0.2) is 12.2 Å². The lowest BCUT2D eigenvalue weighted by atomic mass is 9.89. The van der Waals surface area contributed by atoms with Crippen LogP contribution >= 0.6 is 0 Å². The molecule has 0 heterocycles. The van der Waals surface area contributed by atoms with Crippen LogP contribution in [0.15, 0.2) is 53.7 Å². The Balaban J connectivity index is 2.07. The number of oxime groups is 1. The van der Waals surface area contributed by atoms with Crippen molar-refractivity contribution < 1.29 is 9.63 Å². The minimum atomic E-state index is -0.509. The maximum atomic E-state index is 11.4. The molecule has 1 aliphatic rings. The van der Waals surface area contributed by atoms with E-state index in [0.717, 1.165) is 29.2 Å². The van der Waals surface area contributed by atoms with Crippen molar-refractivity contribution in [3.8, 4) is 0 Å². The van der Waals surface area contributed by atoms with Crippen LogP contribution in [-0.2, 0) is 16.1 Å². The summed E-state index contributed by atoms with van der Waals surface area (Å²) in [5.41, 5.74) is 3.81. The maximum absolute atomic E-state index is 11.4. The summed E-state index contributed by atoms with van der Waals surface area (Å²) < 4.78 is 0. The molecule has 3 rings (SSSR count). The third-order valence-corrected chi connectivity index (χ3v) is 3.76. The third-order valence-electron chi connectivity index (χ3n) is 3.76. The van der Waals surface area contributed by atoms with E-state index in [4.69, 9.17) is 4.84 Å². The van der Waals surface area contributed by atoms with Crippen molar-refractivity contribution in [3.05, 3.63) is 65.3 Å². The van der Waals surface area contributed by atoms with E-state index in [-0.39, 0.29) is 0 Å². The van der Waals surface area contributed by atoms with E-state index >= 15 is 0 Å². The first kappa shape index (κ1) is 14.3. The number of carbonyl (C=O) groups is 1. The van der Waals surface area contributed by atoms with Crippen LogP contribution in [0.5, 0.6) is 0 Å². The van der Waals surface area contributed by atoms with E-state index in [9.17, 15) is 4.79 Å². The Morgan fingerprint density at radius 2 is 2.18 bits per heavy atom. The molecule has 0 saturated carbocycles. The Hall–Kier alpha value is -2.68. The van der Waals surface area contributed by atoms with E-state index in [2.05, 4.69) is 42.1 Å². The largest absolute Gasteiger partial charge is 0.360 e. The lowest BCUT2D eigenvalue weighted by Gasteiger charge is -2.16. The SMILES string of the molecule is C=C(C)C(=O)O/N=C/c1c2c(cc3ccccc13)C=CCC2. The highest BCUT2D eigenvalue weighted by Crippen LogP contribution is 2.29. The molecule has 2 aromatic rings. The topological polar surface area (TPSA) is 38.7 Å². The predicted octanol–water partition coefficient (Wildman–Crippen LogP) is 4.25. The lowest BCUT2D eigenvalue weighted by molar-refractivity contribution is -0.138. The van der Waals surface area contributed by atoms with Gasteiger partial charge in [0.2, 0.25) is 0 Å². The molecule has 0 bridgehead atoms. The van der Waals surface area contributed by atoms with E-state index in [0.29, 0.717) is 5.57 Å². The summed E-state index contributed by atoms with van der Waals surface area (Å²) in [6.07, 6.45) is 7.94. The molecule has 0 fully saturated rings. The monoisotopic (exact) mass is 291 g/mol. The Labute approximate surface area is 129 Å². The number of benzene rings is 2. The molecular formula is C19H17NO2. The molecular weight excluding hydrogens is 274 g/mol. The number of allylic oxidation sites excluding steroid dienone is 1. The molecule has 0 N–H and O–H groups in total. The van der Waals surface area contributed by atoms with Crippen LogP contribution in [0.2, 0.25) is 0 Å². The quantitative estimate of drug-likeness (QED) is 0.367. The smallest absolute Gasteiger partial charge is 0.313 e. The standard InChI is InChI=1S/C19H17NO2/c1-13(2)19(21)22-20-12-18-16-9-5-3-7-14(16)11-15-8-4-6-10-17(15)18/h3-5,7-9,11-12H,1,6,10H2,2H3/b20-12+. The fourth-order valence-electron chi connectivity index (χ4n) is 2.66. The molecule has 0 spiro atoms. The van der Waals surface area contributed by atoms with Crippen molar-refractivity contribution in [1.29, 1.82) is 0 Å². The number of nitrogens with zero attached hydrogens (tertiary/aromatic N) is 1. The van der Waals surface area contributed by atoms with Gasteiger partial charge in [-0.05, 0) is 47.7 Å². The predicted molar refractivity (Wildman–Crippen MR) is 89.8 cm³/mol. The van der Waals surface area contributed by atoms with Crippen LogP contribution in [0, 0.1) is 0 Å². The summed E-state index contributed by atoms with van der Waals surface area (Å²) in [5, 5.41) is 6.13. The second kappa shape index (κ2) is 5.98. The van der Waals surface area contributed by atoms with Crippen LogP contribution in [0.1, 0.15) is 30.0 Å². The highest BCUT2D eigenvalue weighted by atomic mass is 16.7. The van der Waals surface area contributed by atoms with Crippen LogP contribution in [0.25, 0.3) is 16.8 Å². The normalized spacial score (nSPS) is 13.3. The molecule has 0 unspecified atom stereocenters. The van der Waals surface area contributed by atoms with Gasteiger partial charge in [0.05, 0.1) is 6.21 Å². The number of hydrogen-bond donors (Lipinski definition) is 0. The molecule has 0 amide bonds. The zero-order valence-electron chi connectivity index (χ0n) is 12.5. The fourth-order valence-corrected chi connectivity index (χ4v) is 2.66. The average Bonchev–Trinajstić information content (AvgIpc) is 2.53. The van der Waals surface area contributed by atoms with Crippen LogP contribution < -0.4 is 0 Å². The van der Waals surface area contributed by atoms with Gasteiger partial charge in [0.1, 0.15) is 0 Å². The summed E-state index contributed by atoms with van der Waals surface area (Å²) in [7, 11) is 0. The van der Waals surface area contributed by atoms with Crippen molar-refractivity contribution in [2.45, 2.75) is 19.8 Å². The van der Waals surface area contributed by atoms with Crippen molar-refractivity contribution in [1.82, 2.24) is 0 Å². The van der Waals surface area contributed by atoms with Crippen molar-refractivity contribution in [2.24, 2.45) is 5.16 Å². The Bertz CT molecular complexity index is 816. The minimum Gasteiger partial charge on any atom is -0.313 e. The second-order valence-corrected chi connectivity index (χ2v) is 5.41. The zero-order valence-corrected chi connectivity index (χ0v) is 12.5. The number of carbonyl (C=O) groups excluding carboxylic acids is 1. The molecule has 0 aliphatic heterocycles. The second-order valence-electron chi connectivity index (χ2n) is 5.41. The van der Waals surface area contributed by atoms with Gasteiger partial charge < -0.3 is 4.84 Å². The third kappa shape index (κ3) is 2.70. The summed E-state index contributed by atoms with van der Waals surface area (Å²) in [6, 6.07) is 10.4. The first-order valence-corrected chi connectivity index (χ1v) is 7.28. The van der Waals surface area contributed by atoms with Gasteiger partial charge in [-0.1, -0.05) is 48.2 Å². The number of fused-ring (bicyclic) bond motifs is 2. The Morgan fingerprint density at radius 3 is 3.00 bits per heavy atom. The Kier molecular flexibility index (Phi) is 3.88. The number of hydrogen-bond acceptors (Lipinski definition) is 3. The molecule has 3 nitrogen and oxygen atoms in total. The van der Waals surface area contributed by atoms with Gasteiger partial charge in [-0.2, -0.15) is 0 Å². The summed E-state index contributed by atoms with van der Waals surface area (Å²) in [4.78, 5) is 16.3. The molecule has 0 aromatic heterocycles. The molecule has 0 atom stereocenters. The zero-order chi connectivity index (χ0) is 15.5. The lowest BCUT2D eigenvalue weighted by Crippen LogP contribution is -2.03. The van der Waals surface area contributed by atoms with Gasteiger partial charge in [0.15, 0.2) is 0 Å². The van der Waals surface area contributed by atoms with Crippen LogP contribution in [0.3, 0.4) is 0 Å². The highest BCUT2D eigenvalue weighted by molar-refractivity contribution is 6.03.